The van der Waals surface area contributed by atoms with Crippen LogP contribution in [0.1, 0.15) is 68.6 Å². The van der Waals surface area contributed by atoms with Crippen LogP contribution in [-0.4, -0.2) is 5.11 Å². The van der Waals surface area contributed by atoms with Crippen molar-refractivity contribution >= 4 is 0 Å². The van der Waals surface area contributed by atoms with Gasteiger partial charge in [-0.1, -0.05) is 69.7 Å². The predicted molar refractivity (Wildman–Crippen MR) is 97.6 cm³/mol. The fraction of sp³-hybridized carbons (Fsp3) is 0.524. The third-order valence-electron chi connectivity index (χ3n) is 4.13. The molecular formula is C21H32O. The van der Waals surface area contributed by atoms with Crippen LogP contribution in [0.4, 0.5) is 0 Å². The van der Waals surface area contributed by atoms with Crippen molar-refractivity contribution in [3.05, 3.63) is 54.1 Å². The van der Waals surface area contributed by atoms with Crippen LogP contribution in [0.5, 0.6) is 5.75 Å². The lowest BCUT2D eigenvalue weighted by atomic mass is 9.96. The molecule has 1 heteroatoms. The minimum atomic E-state index is 0.420. The average molecular weight is 300 g/mol. The van der Waals surface area contributed by atoms with Gasteiger partial charge in [-0.3, -0.25) is 0 Å². The molecule has 0 amide bonds. The van der Waals surface area contributed by atoms with Crippen LogP contribution in [0.25, 0.3) is 0 Å². The molecule has 0 bridgehead atoms. The van der Waals surface area contributed by atoms with E-state index in [9.17, 15) is 5.11 Å². The Bertz CT molecular complexity index is 428. The van der Waals surface area contributed by atoms with Crippen LogP contribution in [-0.2, 0) is 19.3 Å². The summed E-state index contributed by atoms with van der Waals surface area (Å²) in [6.07, 6.45) is 15.6. The first kappa shape index (κ1) is 18.5. The molecule has 0 atom stereocenters. The summed E-state index contributed by atoms with van der Waals surface area (Å²) in [5.41, 5.74) is 3.32. The van der Waals surface area contributed by atoms with Gasteiger partial charge in [-0.2, -0.15) is 0 Å². The average Bonchev–Trinajstić information content (AvgIpc) is 2.51. The Morgan fingerprint density at radius 2 is 1.36 bits per heavy atom. The van der Waals surface area contributed by atoms with Gasteiger partial charge in [0.15, 0.2) is 0 Å². The zero-order valence-corrected chi connectivity index (χ0v) is 14.2. The number of aryl methyl sites for hydroxylation is 1. The lowest BCUT2D eigenvalue weighted by Gasteiger charge is -2.11. The van der Waals surface area contributed by atoms with Crippen LogP contribution >= 0.6 is 0 Å². The molecule has 0 aliphatic heterocycles. The first-order valence-corrected chi connectivity index (χ1v) is 8.78. The third kappa shape index (κ3) is 6.51. The summed E-state index contributed by atoms with van der Waals surface area (Å²) >= 11 is 0. The maximum Gasteiger partial charge on any atom is 0.122 e. The second kappa shape index (κ2) is 11.1. The first-order valence-electron chi connectivity index (χ1n) is 8.78. The number of unbranched alkanes of at least 4 members (excludes halogenated alkanes) is 6. The van der Waals surface area contributed by atoms with E-state index in [0.717, 1.165) is 30.4 Å². The molecular weight excluding hydrogens is 268 g/mol. The number of allylic oxidation sites excluding steroid dienone is 2. The molecule has 0 spiro atoms. The SMILES string of the molecule is C=CCc1cc(CCCCCCCCC)cc(CC=C)c1O. The summed E-state index contributed by atoms with van der Waals surface area (Å²) in [7, 11) is 0. The van der Waals surface area contributed by atoms with Crippen molar-refractivity contribution < 1.29 is 5.11 Å². The maximum absolute atomic E-state index is 10.3. The van der Waals surface area contributed by atoms with Crippen molar-refractivity contribution in [3.8, 4) is 5.75 Å². The smallest absolute Gasteiger partial charge is 0.122 e. The molecule has 122 valence electrons. The maximum atomic E-state index is 10.3. The van der Waals surface area contributed by atoms with Gasteiger partial charge >= 0.3 is 0 Å². The monoisotopic (exact) mass is 300 g/mol. The number of hydrogen-bond donors (Lipinski definition) is 1. The molecule has 1 N–H and O–H groups in total. The first-order chi connectivity index (χ1) is 10.7. The number of benzene rings is 1. The normalized spacial score (nSPS) is 10.6. The van der Waals surface area contributed by atoms with Crippen LogP contribution in [0.15, 0.2) is 37.4 Å². The molecule has 22 heavy (non-hydrogen) atoms. The van der Waals surface area contributed by atoms with E-state index in [2.05, 4.69) is 32.2 Å². The summed E-state index contributed by atoms with van der Waals surface area (Å²) in [5.74, 6) is 0.420. The molecule has 0 saturated carbocycles. The van der Waals surface area contributed by atoms with Crippen molar-refractivity contribution in [1.82, 2.24) is 0 Å². The topological polar surface area (TPSA) is 20.2 Å². The summed E-state index contributed by atoms with van der Waals surface area (Å²) < 4.78 is 0. The van der Waals surface area contributed by atoms with Gasteiger partial charge in [0.05, 0.1) is 0 Å². The second-order valence-electron chi connectivity index (χ2n) is 6.12. The van der Waals surface area contributed by atoms with Gasteiger partial charge in [-0.05, 0) is 42.4 Å². The largest absolute Gasteiger partial charge is 0.507 e. The van der Waals surface area contributed by atoms with Gasteiger partial charge in [-0.25, -0.2) is 0 Å². The summed E-state index contributed by atoms with van der Waals surface area (Å²) in [6, 6.07) is 4.28. The lowest BCUT2D eigenvalue weighted by Crippen LogP contribution is -1.95. The van der Waals surface area contributed by atoms with Crippen molar-refractivity contribution in [2.75, 3.05) is 0 Å². The van der Waals surface area contributed by atoms with Crippen molar-refractivity contribution in [1.29, 1.82) is 0 Å². The van der Waals surface area contributed by atoms with E-state index in [0.29, 0.717) is 5.75 Å². The van der Waals surface area contributed by atoms with Crippen molar-refractivity contribution in [3.63, 3.8) is 0 Å². The van der Waals surface area contributed by atoms with Crippen molar-refractivity contribution in [2.24, 2.45) is 0 Å². The van der Waals surface area contributed by atoms with E-state index < -0.39 is 0 Å². The number of phenols is 1. The van der Waals surface area contributed by atoms with Crippen LogP contribution in [0.2, 0.25) is 0 Å². The molecule has 0 radical (unpaired) electrons. The Morgan fingerprint density at radius 1 is 0.864 bits per heavy atom. The summed E-state index contributed by atoms with van der Waals surface area (Å²) in [6.45, 7) is 9.82. The summed E-state index contributed by atoms with van der Waals surface area (Å²) in [4.78, 5) is 0. The number of hydrogen-bond acceptors (Lipinski definition) is 1. The molecule has 0 saturated heterocycles. The molecule has 1 rings (SSSR count). The van der Waals surface area contributed by atoms with E-state index in [-0.39, 0.29) is 0 Å². The highest BCUT2D eigenvalue weighted by molar-refractivity contribution is 5.45. The van der Waals surface area contributed by atoms with Gasteiger partial charge in [-0.15, -0.1) is 13.2 Å². The molecule has 0 fully saturated rings. The van der Waals surface area contributed by atoms with Crippen LogP contribution < -0.4 is 0 Å². The lowest BCUT2D eigenvalue weighted by molar-refractivity contribution is 0.463. The van der Waals surface area contributed by atoms with Crippen LogP contribution in [0, 0.1) is 0 Å². The number of aromatic hydroxyl groups is 1. The molecule has 0 aliphatic rings. The number of rotatable bonds is 12. The van der Waals surface area contributed by atoms with E-state index in [1.54, 1.807) is 0 Å². The quantitative estimate of drug-likeness (QED) is 0.363. The Kier molecular flexibility index (Phi) is 9.37. The number of phenolic OH excluding ortho intramolecular Hbond substituents is 1. The zero-order valence-electron chi connectivity index (χ0n) is 14.2. The van der Waals surface area contributed by atoms with Gasteiger partial charge in [0, 0.05) is 0 Å². The van der Waals surface area contributed by atoms with Gasteiger partial charge < -0.3 is 5.11 Å². The van der Waals surface area contributed by atoms with Crippen LogP contribution in [0.3, 0.4) is 0 Å². The molecule has 1 aromatic rings. The Morgan fingerprint density at radius 3 is 1.86 bits per heavy atom. The highest BCUT2D eigenvalue weighted by Crippen LogP contribution is 2.27. The van der Waals surface area contributed by atoms with Gasteiger partial charge in [0.2, 0.25) is 0 Å². The third-order valence-corrected chi connectivity index (χ3v) is 4.13. The Balaban J connectivity index is 2.54. The van der Waals surface area contributed by atoms with Gasteiger partial charge in [0.1, 0.15) is 5.75 Å². The molecule has 1 aromatic carbocycles. The highest BCUT2D eigenvalue weighted by atomic mass is 16.3. The fourth-order valence-corrected chi connectivity index (χ4v) is 2.88. The minimum Gasteiger partial charge on any atom is -0.507 e. The zero-order chi connectivity index (χ0) is 16.2. The van der Waals surface area contributed by atoms with Gasteiger partial charge in [0.25, 0.3) is 0 Å². The summed E-state index contributed by atoms with van der Waals surface area (Å²) in [5, 5.41) is 10.3. The fourth-order valence-electron chi connectivity index (χ4n) is 2.88. The molecule has 0 heterocycles. The minimum absolute atomic E-state index is 0.420. The predicted octanol–water partition coefficient (Wildman–Crippen LogP) is 6.14. The molecule has 0 aliphatic carbocycles. The van der Waals surface area contributed by atoms with E-state index in [1.165, 1.54) is 50.5 Å². The van der Waals surface area contributed by atoms with Crippen molar-refractivity contribution in [2.45, 2.75) is 71.1 Å². The molecule has 1 nitrogen and oxygen atoms in total. The standard InChI is InChI=1S/C21H32O/c1-4-7-8-9-10-11-12-15-18-16-19(13-5-2)21(22)20(17-18)14-6-3/h5-6,16-17,22H,2-4,7-15H2,1H3. The highest BCUT2D eigenvalue weighted by Gasteiger charge is 2.08. The second-order valence-corrected chi connectivity index (χ2v) is 6.12. The Hall–Kier alpha value is -1.50. The molecule has 0 unspecified atom stereocenters. The van der Waals surface area contributed by atoms with E-state index in [1.807, 2.05) is 12.2 Å². The van der Waals surface area contributed by atoms with E-state index >= 15 is 0 Å². The molecule has 0 aromatic heterocycles. The Labute approximate surface area is 136 Å². The van der Waals surface area contributed by atoms with E-state index in [4.69, 9.17) is 0 Å².